The Morgan fingerprint density at radius 2 is 2.14 bits per heavy atom. The molecule has 0 aliphatic carbocycles. The molecule has 1 fully saturated rings. The summed E-state index contributed by atoms with van der Waals surface area (Å²) < 4.78 is 1.84. The fourth-order valence-corrected chi connectivity index (χ4v) is 2.90. The van der Waals surface area contributed by atoms with Crippen LogP contribution in [0.1, 0.15) is 43.2 Å². The molecule has 2 rings (SSSR count). The topological polar surface area (TPSA) is 75.4 Å². The van der Waals surface area contributed by atoms with E-state index in [4.69, 9.17) is 5.11 Å². The van der Waals surface area contributed by atoms with Gasteiger partial charge in [0.25, 0.3) is 5.91 Å². The Balaban J connectivity index is 2.18. The van der Waals surface area contributed by atoms with Crippen LogP contribution in [0.4, 0.5) is 0 Å². The summed E-state index contributed by atoms with van der Waals surface area (Å²) >= 11 is 0. The number of carbonyl (C=O) groups is 2. The molecule has 2 atom stereocenters. The lowest BCUT2D eigenvalue weighted by atomic mass is 10.0. The van der Waals surface area contributed by atoms with Gasteiger partial charge in [-0.05, 0) is 26.2 Å². The van der Waals surface area contributed by atoms with Crippen molar-refractivity contribution >= 4 is 11.9 Å². The first-order valence-electron chi connectivity index (χ1n) is 7.39. The van der Waals surface area contributed by atoms with Crippen molar-refractivity contribution < 1.29 is 14.7 Å². The molecule has 0 bridgehead atoms. The van der Waals surface area contributed by atoms with Crippen molar-refractivity contribution in [1.82, 2.24) is 14.7 Å². The van der Waals surface area contributed by atoms with Crippen LogP contribution in [-0.2, 0) is 11.3 Å². The van der Waals surface area contributed by atoms with Gasteiger partial charge in [-0.25, -0.2) is 0 Å². The lowest BCUT2D eigenvalue weighted by Gasteiger charge is -2.23. The Labute approximate surface area is 124 Å². The molecule has 0 radical (unpaired) electrons. The lowest BCUT2D eigenvalue weighted by molar-refractivity contribution is -0.142. The van der Waals surface area contributed by atoms with Gasteiger partial charge < -0.3 is 10.0 Å². The van der Waals surface area contributed by atoms with Gasteiger partial charge in [0, 0.05) is 24.8 Å². The van der Waals surface area contributed by atoms with E-state index >= 15 is 0 Å². The van der Waals surface area contributed by atoms with Crippen molar-refractivity contribution in [3.63, 3.8) is 0 Å². The summed E-state index contributed by atoms with van der Waals surface area (Å²) in [6.45, 7) is 9.15. The zero-order chi connectivity index (χ0) is 15.7. The number of likely N-dealkylation sites (tertiary alicyclic amines) is 1. The van der Waals surface area contributed by atoms with Crippen LogP contribution in [0.15, 0.2) is 6.20 Å². The molecule has 2 unspecified atom stereocenters. The Hall–Kier alpha value is -1.85. The zero-order valence-corrected chi connectivity index (χ0v) is 13.0. The second kappa shape index (κ2) is 5.87. The van der Waals surface area contributed by atoms with E-state index < -0.39 is 11.9 Å². The third kappa shape index (κ3) is 2.94. The Morgan fingerprint density at radius 3 is 2.67 bits per heavy atom. The van der Waals surface area contributed by atoms with Gasteiger partial charge in [0.05, 0.1) is 17.7 Å². The predicted molar refractivity (Wildman–Crippen MR) is 78.0 cm³/mol. The lowest BCUT2D eigenvalue weighted by Crippen LogP contribution is -2.37. The van der Waals surface area contributed by atoms with Crippen LogP contribution >= 0.6 is 0 Å². The average molecular weight is 293 g/mol. The van der Waals surface area contributed by atoms with Gasteiger partial charge in [-0.1, -0.05) is 13.8 Å². The first-order valence-corrected chi connectivity index (χ1v) is 7.39. The molecule has 1 aliphatic rings. The number of carbonyl (C=O) groups excluding carboxylic acids is 1. The van der Waals surface area contributed by atoms with E-state index in [2.05, 4.69) is 18.9 Å². The second-order valence-electron chi connectivity index (χ2n) is 6.19. The van der Waals surface area contributed by atoms with Crippen LogP contribution in [0.3, 0.4) is 0 Å². The van der Waals surface area contributed by atoms with E-state index in [0.717, 1.165) is 12.2 Å². The summed E-state index contributed by atoms with van der Waals surface area (Å²) in [5.41, 5.74) is 1.42. The maximum Gasteiger partial charge on any atom is 0.308 e. The molecule has 21 heavy (non-hydrogen) atoms. The molecular weight excluding hydrogens is 270 g/mol. The van der Waals surface area contributed by atoms with Crippen molar-refractivity contribution in [2.75, 3.05) is 6.54 Å². The average Bonchev–Trinajstić information content (AvgIpc) is 2.93. The first kappa shape index (κ1) is 15.5. The smallest absolute Gasteiger partial charge is 0.308 e. The van der Waals surface area contributed by atoms with E-state index in [1.54, 1.807) is 18.0 Å². The van der Waals surface area contributed by atoms with E-state index in [0.29, 0.717) is 24.4 Å². The maximum atomic E-state index is 12.6. The monoisotopic (exact) mass is 293 g/mol. The van der Waals surface area contributed by atoms with Gasteiger partial charge in [0.1, 0.15) is 0 Å². The van der Waals surface area contributed by atoms with Gasteiger partial charge in [-0.2, -0.15) is 5.10 Å². The van der Waals surface area contributed by atoms with Crippen LogP contribution in [0, 0.1) is 18.8 Å². The van der Waals surface area contributed by atoms with Crippen LogP contribution in [0.5, 0.6) is 0 Å². The SMILES string of the molecule is Cc1c(C(=O)N2CCC(C(=O)O)C2C)cnn1CC(C)C. The van der Waals surface area contributed by atoms with Gasteiger partial charge in [-0.15, -0.1) is 0 Å². The van der Waals surface area contributed by atoms with Crippen molar-refractivity contribution in [3.05, 3.63) is 17.5 Å². The van der Waals surface area contributed by atoms with Gasteiger partial charge in [-0.3, -0.25) is 14.3 Å². The van der Waals surface area contributed by atoms with E-state index in [9.17, 15) is 9.59 Å². The molecule has 1 amide bonds. The highest BCUT2D eigenvalue weighted by atomic mass is 16.4. The standard InChI is InChI=1S/C15H23N3O3/c1-9(2)8-18-11(4)13(7-16-18)14(19)17-6-5-12(10(17)3)15(20)21/h7,9-10,12H,5-6,8H2,1-4H3,(H,20,21). The zero-order valence-electron chi connectivity index (χ0n) is 13.0. The number of aliphatic carboxylic acids is 1. The highest BCUT2D eigenvalue weighted by Gasteiger charge is 2.39. The molecule has 0 saturated carbocycles. The molecule has 1 aromatic rings. The second-order valence-corrected chi connectivity index (χ2v) is 6.19. The Morgan fingerprint density at radius 1 is 1.48 bits per heavy atom. The van der Waals surface area contributed by atoms with Crippen LogP contribution in [0.25, 0.3) is 0 Å². The van der Waals surface area contributed by atoms with E-state index in [1.807, 2.05) is 11.6 Å². The van der Waals surface area contributed by atoms with Crippen LogP contribution in [-0.4, -0.2) is 44.3 Å². The largest absolute Gasteiger partial charge is 0.481 e. The van der Waals surface area contributed by atoms with Crippen molar-refractivity contribution in [1.29, 1.82) is 0 Å². The van der Waals surface area contributed by atoms with E-state index in [1.165, 1.54) is 0 Å². The quantitative estimate of drug-likeness (QED) is 0.918. The molecular formula is C15H23N3O3. The summed E-state index contributed by atoms with van der Waals surface area (Å²) in [7, 11) is 0. The van der Waals surface area contributed by atoms with Crippen molar-refractivity contribution in [3.8, 4) is 0 Å². The Bertz CT molecular complexity index is 550. The first-order chi connectivity index (χ1) is 9.82. The number of hydrogen-bond acceptors (Lipinski definition) is 3. The normalized spacial score (nSPS) is 22.0. The maximum absolute atomic E-state index is 12.6. The number of aromatic nitrogens is 2. The number of hydrogen-bond donors (Lipinski definition) is 1. The van der Waals surface area contributed by atoms with Gasteiger partial charge in [0.15, 0.2) is 0 Å². The van der Waals surface area contributed by atoms with E-state index in [-0.39, 0.29) is 11.9 Å². The van der Waals surface area contributed by atoms with Gasteiger partial charge in [0.2, 0.25) is 0 Å². The molecule has 2 heterocycles. The fourth-order valence-electron chi connectivity index (χ4n) is 2.90. The molecule has 1 saturated heterocycles. The minimum Gasteiger partial charge on any atom is -0.481 e. The van der Waals surface area contributed by atoms with Gasteiger partial charge >= 0.3 is 5.97 Å². The highest BCUT2D eigenvalue weighted by Crippen LogP contribution is 2.26. The number of nitrogens with zero attached hydrogens (tertiary/aromatic N) is 3. The van der Waals surface area contributed by atoms with Crippen LogP contribution < -0.4 is 0 Å². The molecule has 0 aromatic carbocycles. The van der Waals surface area contributed by atoms with Crippen molar-refractivity contribution in [2.45, 2.75) is 46.7 Å². The predicted octanol–water partition coefficient (Wildman–Crippen LogP) is 1.78. The Kier molecular flexibility index (Phi) is 4.34. The summed E-state index contributed by atoms with van der Waals surface area (Å²) in [5, 5.41) is 13.4. The third-order valence-corrected chi connectivity index (χ3v) is 4.20. The fraction of sp³-hybridized carbons (Fsp3) is 0.667. The molecule has 116 valence electrons. The number of rotatable bonds is 4. The molecule has 0 spiro atoms. The summed E-state index contributed by atoms with van der Waals surface area (Å²) in [4.78, 5) is 25.4. The molecule has 6 nitrogen and oxygen atoms in total. The minimum absolute atomic E-state index is 0.112. The third-order valence-electron chi connectivity index (χ3n) is 4.20. The highest BCUT2D eigenvalue weighted by molar-refractivity contribution is 5.96. The summed E-state index contributed by atoms with van der Waals surface area (Å²) in [6, 6.07) is -0.275. The molecule has 1 N–H and O–H groups in total. The van der Waals surface area contributed by atoms with Crippen molar-refractivity contribution in [2.24, 2.45) is 11.8 Å². The summed E-state index contributed by atoms with van der Waals surface area (Å²) in [6.07, 6.45) is 2.11. The number of carboxylic acids is 1. The number of carboxylic acid groups (broad SMARTS) is 1. The molecule has 1 aliphatic heterocycles. The molecule has 1 aromatic heterocycles. The molecule has 6 heteroatoms. The van der Waals surface area contributed by atoms with Crippen LogP contribution in [0.2, 0.25) is 0 Å². The summed E-state index contributed by atoms with van der Waals surface area (Å²) in [5.74, 6) is -0.961. The minimum atomic E-state index is -0.829. The number of amides is 1.